The number of aryl methyl sites for hydroxylation is 1. The lowest BCUT2D eigenvalue weighted by atomic mass is 10.4. The normalized spacial score (nSPS) is 10.4. The molecule has 0 radical (unpaired) electrons. The molecule has 0 atom stereocenters. The van der Waals surface area contributed by atoms with Gasteiger partial charge in [-0.1, -0.05) is 0 Å². The van der Waals surface area contributed by atoms with Gasteiger partial charge in [0.2, 0.25) is 0 Å². The number of carbonyl (C=O) groups is 1. The summed E-state index contributed by atoms with van der Waals surface area (Å²) in [7, 11) is 0. The highest BCUT2D eigenvalue weighted by Crippen LogP contribution is 2.08. The summed E-state index contributed by atoms with van der Waals surface area (Å²) in [5.74, 6) is 0.632. The molecule has 2 N–H and O–H groups in total. The Morgan fingerprint density at radius 2 is 2.22 bits per heavy atom. The molecule has 0 unspecified atom stereocenters. The largest absolute Gasteiger partial charge is 0.338 e. The minimum atomic E-state index is -0.263. The van der Waals surface area contributed by atoms with Crippen molar-refractivity contribution in [2.75, 3.05) is 11.9 Å². The first-order chi connectivity index (χ1) is 11.3. The number of hydrogen-bond donors (Lipinski definition) is 2. The number of urea groups is 1. The molecule has 9 heteroatoms. The fraction of sp³-hybridized carbons (Fsp3) is 0.214. The Labute approximate surface area is 132 Å². The first-order valence-corrected chi connectivity index (χ1v) is 7.14. The van der Waals surface area contributed by atoms with Crippen LogP contribution < -0.4 is 10.6 Å². The van der Waals surface area contributed by atoms with E-state index in [2.05, 4.69) is 30.8 Å². The Morgan fingerprint density at radius 3 is 2.91 bits per heavy atom. The number of anilines is 1. The van der Waals surface area contributed by atoms with E-state index < -0.39 is 0 Å². The number of amides is 2. The van der Waals surface area contributed by atoms with Crippen LogP contribution in [0.4, 0.5) is 10.5 Å². The molecule has 0 aliphatic rings. The minimum Gasteiger partial charge on any atom is -0.338 e. The van der Waals surface area contributed by atoms with Crippen LogP contribution in [0.1, 0.15) is 6.42 Å². The van der Waals surface area contributed by atoms with Gasteiger partial charge in [0.15, 0.2) is 5.82 Å². The molecule has 0 saturated heterocycles. The Balaban J connectivity index is 1.42. The lowest BCUT2D eigenvalue weighted by molar-refractivity contribution is 0.251. The topological polar surface area (TPSA) is 103 Å². The Hall–Kier alpha value is -3.23. The fourth-order valence-electron chi connectivity index (χ4n) is 1.97. The molecule has 0 aliphatic heterocycles. The zero-order valence-corrected chi connectivity index (χ0v) is 12.3. The zero-order valence-electron chi connectivity index (χ0n) is 12.3. The third kappa shape index (κ3) is 4.13. The van der Waals surface area contributed by atoms with Crippen molar-refractivity contribution < 1.29 is 4.79 Å². The molecule has 23 heavy (non-hydrogen) atoms. The van der Waals surface area contributed by atoms with Crippen LogP contribution in [0.15, 0.2) is 49.4 Å². The Bertz CT molecular complexity index is 721. The maximum absolute atomic E-state index is 11.8. The maximum Gasteiger partial charge on any atom is 0.319 e. The first kappa shape index (κ1) is 14.7. The smallest absolute Gasteiger partial charge is 0.319 e. The van der Waals surface area contributed by atoms with Gasteiger partial charge >= 0.3 is 6.03 Å². The van der Waals surface area contributed by atoms with E-state index in [4.69, 9.17) is 0 Å². The molecular weight excluding hydrogens is 296 g/mol. The van der Waals surface area contributed by atoms with Gasteiger partial charge in [0.1, 0.15) is 12.7 Å². The number of carbonyl (C=O) groups excluding carboxylic acids is 1. The maximum atomic E-state index is 11.8. The molecule has 3 aromatic heterocycles. The third-order valence-corrected chi connectivity index (χ3v) is 3.07. The van der Waals surface area contributed by atoms with E-state index in [1.165, 1.54) is 6.33 Å². The standard InChI is InChI=1S/C14H16N8O/c23-14(16-5-1-7-21-8-2-6-18-21)20-12-3-4-13(17-9-12)22-11-15-10-19-22/h2-4,6,8-11H,1,5,7H2,(H2,16,20,23). The molecule has 2 amide bonds. The van der Waals surface area contributed by atoms with Gasteiger partial charge in [0, 0.05) is 25.5 Å². The van der Waals surface area contributed by atoms with Crippen LogP contribution in [-0.2, 0) is 6.54 Å². The van der Waals surface area contributed by atoms with Crippen molar-refractivity contribution in [3.05, 3.63) is 49.4 Å². The highest BCUT2D eigenvalue weighted by Gasteiger charge is 2.03. The van der Waals surface area contributed by atoms with E-state index >= 15 is 0 Å². The van der Waals surface area contributed by atoms with Crippen molar-refractivity contribution in [3.8, 4) is 5.82 Å². The lowest BCUT2D eigenvalue weighted by Gasteiger charge is -2.08. The van der Waals surface area contributed by atoms with Gasteiger partial charge in [-0.3, -0.25) is 4.68 Å². The van der Waals surface area contributed by atoms with Crippen LogP contribution in [0.2, 0.25) is 0 Å². The van der Waals surface area contributed by atoms with E-state index in [9.17, 15) is 4.79 Å². The number of pyridine rings is 1. The average Bonchev–Trinajstić information content (AvgIpc) is 3.26. The van der Waals surface area contributed by atoms with Crippen molar-refractivity contribution in [3.63, 3.8) is 0 Å². The summed E-state index contributed by atoms with van der Waals surface area (Å²) in [6, 6.07) is 5.12. The van der Waals surface area contributed by atoms with Crippen LogP contribution >= 0.6 is 0 Å². The summed E-state index contributed by atoms with van der Waals surface area (Å²) in [4.78, 5) is 19.9. The Morgan fingerprint density at radius 1 is 1.26 bits per heavy atom. The summed E-state index contributed by atoms with van der Waals surface area (Å²) in [5, 5.41) is 13.6. The van der Waals surface area contributed by atoms with Gasteiger partial charge in [-0.15, -0.1) is 0 Å². The van der Waals surface area contributed by atoms with E-state index in [1.54, 1.807) is 35.5 Å². The molecule has 0 spiro atoms. The summed E-state index contributed by atoms with van der Waals surface area (Å²) < 4.78 is 3.37. The Kier molecular flexibility index (Phi) is 4.58. The van der Waals surface area contributed by atoms with Crippen LogP contribution in [-0.4, -0.2) is 42.1 Å². The number of aromatic nitrogens is 6. The third-order valence-electron chi connectivity index (χ3n) is 3.07. The van der Waals surface area contributed by atoms with E-state index in [0.717, 1.165) is 13.0 Å². The number of nitrogens with zero attached hydrogens (tertiary/aromatic N) is 6. The van der Waals surface area contributed by atoms with E-state index in [1.807, 2.05) is 16.9 Å². The van der Waals surface area contributed by atoms with Crippen LogP contribution in [0.25, 0.3) is 5.82 Å². The second-order valence-corrected chi connectivity index (χ2v) is 4.75. The van der Waals surface area contributed by atoms with Crippen molar-refractivity contribution in [1.29, 1.82) is 0 Å². The van der Waals surface area contributed by atoms with Crippen molar-refractivity contribution in [2.24, 2.45) is 0 Å². The van der Waals surface area contributed by atoms with Gasteiger partial charge in [-0.2, -0.15) is 10.2 Å². The molecule has 3 rings (SSSR count). The van der Waals surface area contributed by atoms with Crippen molar-refractivity contribution >= 4 is 11.7 Å². The molecule has 118 valence electrons. The molecule has 0 saturated carbocycles. The quantitative estimate of drug-likeness (QED) is 0.663. The molecule has 9 nitrogen and oxygen atoms in total. The minimum absolute atomic E-state index is 0.263. The predicted octanol–water partition coefficient (Wildman–Crippen LogP) is 1.07. The highest BCUT2D eigenvalue weighted by atomic mass is 16.2. The van der Waals surface area contributed by atoms with E-state index in [-0.39, 0.29) is 6.03 Å². The second-order valence-electron chi connectivity index (χ2n) is 4.75. The van der Waals surface area contributed by atoms with Gasteiger partial charge < -0.3 is 10.6 Å². The van der Waals surface area contributed by atoms with Gasteiger partial charge in [-0.05, 0) is 24.6 Å². The monoisotopic (exact) mass is 312 g/mol. The molecule has 0 bridgehead atoms. The number of nitrogens with one attached hydrogen (secondary N) is 2. The summed E-state index contributed by atoms with van der Waals surface area (Å²) in [6.45, 7) is 1.33. The number of rotatable bonds is 6. The summed E-state index contributed by atoms with van der Waals surface area (Å²) >= 11 is 0. The first-order valence-electron chi connectivity index (χ1n) is 7.14. The average molecular weight is 312 g/mol. The number of hydrogen-bond acceptors (Lipinski definition) is 5. The molecule has 0 aliphatic carbocycles. The zero-order chi connectivity index (χ0) is 15.9. The fourth-order valence-corrected chi connectivity index (χ4v) is 1.97. The summed E-state index contributed by atoms with van der Waals surface area (Å²) in [5.41, 5.74) is 0.610. The molecule has 3 heterocycles. The van der Waals surface area contributed by atoms with Crippen LogP contribution in [0.3, 0.4) is 0 Å². The van der Waals surface area contributed by atoms with Crippen LogP contribution in [0, 0.1) is 0 Å². The summed E-state index contributed by atoms with van der Waals surface area (Å²) in [6.07, 6.45) is 8.99. The van der Waals surface area contributed by atoms with Crippen molar-refractivity contribution in [2.45, 2.75) is 13.0 Å². The predicted molar refractivity (Wildman–Crippen MR) is 83.0 cm³/mol. The highest BCUT2D eigenvalue weighted by molar-refractivity contribution is 5.88. The lowest BCUT2D eigenvalue weighted by Crippen LogP contribution is -2.30. The SMILES string of the molecule is O=C(NCCCn1cccn1)Nc1ccc(-n2cncn2)nc1. The molecule has 0 fully saturated rings. The second kappa shape index (κ2) is 7.16. The van der Waals surface area contributed by atoms with E-state index in [0.29, 0.717) is 18.1 Å². The molecular formula is C14H16N8O. The van der Waals surface area contributed by atoms with Gasteiger partial charge in [0.05, 0.1) is 11.9 Å². The molecule has 3 aromatic rings. The van der Waals surface area contributed by atoms with Crippen LogP contribution in [0.5, 0.6) is 0 Å². The molecule has 0 aromatic carbocycles. The van der Waals surface area contributed by atoms with Gasteiger partial charge in [-0.25, -0.2) is 19.4 Å². The van der Waals surface area contributed by atoms with Gasteiger partial charge in [0.25, 0.3) is 0 Å². The van der Waals surface area contributed by atoms with Crippen molar-refractivity contribution in [1.82, 2.24) is 34.8 Å².